The second-order valence-corrected chi connectivity index (χ2v) is 6.96. The summed E-state index contributed by atoms with van der Waals surface area (Å²) >= 11 is 0. The van der Waals surface area contributed by atoms with Gasteiger partial charge in [-0.1, -0.05) is 12.1 Å². The van der Waals surface area contributed by atoms with Crippen molar-refractivity contribution in [3.8, 4) is 23.0 Å². The van der Waals surface area contributed by atoms with Crippen molar-refractivity contribution in [3.63, 3.8) is 0 Å². The van der Waals surface area contributed by atoms with Crippen molar-refractivity contribution in [1.29, 1.82) is 0 Å². The number of benzene rings is 2. The lowest BCUT2D eigenvalue weighted by molar-refractivity contribution is -0.132. The minimum atomic E-state index is 0.0683. The number of amides is 1. The van der Waals surface area contributed by atoms with Gasteiger partial charge in [-0.05, 0) is 49.2 Å². The van der Waals surface area contributed by atoms with Crippen molar-refractivity contribution in [2.75, 3.05) is 20.0 Å². The fourth-order valence-electron chi connectivity index (χ4n) is 3.27. The zero-order valence-corrected chi connectivity index (χ0v) is 15.6. The van der Waals surface area contributed by atoms with E-state index in [1.807, 2.05) is 55.1 Å². The summed E-state index contributed by atoms with van der Waals surface area (Å²) in [5.74, 6) is 2.99. The molecule has 2 aromatic rings. The van der Waals surface area contributed by atoms with Gasteiger partial charge in [0.05, 0.1) is 6.42 Å². The molecule has 142 valence electrons. The normalized spacial score (nSPS) is 14.3. The van der Waals surface area contributed by atoms with Crippen LogP contribution >= 0.6 is 0 Å². The summed E-state index contributed by atoms with van der Waals surface area (Å²) in [6.07, 6.45) is 0.319. The lowest BCUT2D eigenvalue weighted by Crippen LogP contribution is -2.37. The molecule has 2 aromatic carbocycles. The van der Waals surface area contributed by atoms with Gasteiger partial charge < -0.3 is 23.8 Å². The third-order valence-electron chi connectivity index (χ3n) is 4.70. The minimum absolute atomic E-state index is 0.0683. The van der Waals surface area contributed by atoms with Crippen LogP contribution in [0.1, 0.15) is 25.0 Å². The first-order valence-corrected chi connectivity index (χ1v) is 9.16. The van der Waals surface area contributed by atoms with E-state index in [0.29, 0.717) is 31.9 Å². The Morgan fingerprint density at radius 3 is 2.26 bits per heavy atom. The van der Waals surface area contributed by atoms with E-state index >= 15 is 0 Å². The van der Waals surface area contributed by atoms with E-state index in [1.54, 1.807) is 0 Å². The van der Waals surface area contributed by atoms with Gasteiger partial charge in [0.25, 0.3) is 0 Å². The average molecular weight is 369 g/mol. The highest BCUT2D eigenvalue weighted by Gasteiger charge is 2.21. The van der Waals surface area contributed by atoms with Gasteiger partial charge in [0.1, 0.15) is 13.2 Å². The zero-order chi connectivity index (χ0) is 18.8. The molecule has 0 unspecified atom stereocenters. The number of nitrogens with zero attached hydrogens (tertiary/aromatic N) is 1. The van der Waals surface area contributed by atoms with Crippen molar-refractivity contribution >= 4 is 5.91 Å². The Hall–Kier alpha value is -2.89. The largest absolute Gasteiger partial charge is 0.486 e. The predicted octanol–water partition coefficient (Wildman–Crippen LogP) is 3.17. The van der Waals surface area contributed by atoms with Crippen LogP contribution < -0.4 is 18.9 Å². The number of rotatable bonds is 5. The number of hydrogen-bond acceptors (Lipinski definition) is 5. The number of carbonyl (C=O) groups excluding carboxylic acids is 1. The Kier molecular flexibility index (Phi) is 4.79. The lowest BCUT2D eigenvalue weighted by Gasteiger charge is -2.28. The van der Waals surface area contributed by atoms with Crippen molar-refractivity contribution in [1.82, 2.24) is 4.90 Å². The third kappa shape index (κ3) is 3.79. The van der Waals surface area contributed by atoms with Gasteiger partial charge in [-0.25, -0.2) is 0 Å². The number of hydrogen-bond donors (Lipinski definition) is 0. The maximum absolute atomic E-state index is 12.9. The molecule has 0 spiro atoms. The molecule has 6 heteroatoms. The molecule has 0 saturated heterocycles. The molecule has 0 aliphatic carbocycles. The van der Waals surface area contributed by atoms with Crippen LogP contribution in [0, 0.1) is 0 Å². The summed E-state index contributed by atoms with van der Waals surface area (Å²) in [7, 11) is 0. The second kappa shape index (κ2) is 7.39. The zero-order valence-electron chi connectivity index (χ0n) is 15.6. The molecule has 0 fully saturated rings. The van der Waals surface area contributed by atoms with Crippen LogP contribution in [0.4, 0.5) is 0 Å². The fourth-order valence-corrected chi connectivity index (χ4v) is 3.27. The van der Waals surface area contributed by atoms with Crippen LogP contribution in [0.5, 0.6) is 23.0 Å². The van der Waals surface area contributed by atoms with Crippen molar-refractivity contribution < 1.29 is 23.7 Å². The quantitative estimate of drug-likeness (QED) is 0.810. The summed E-state index contributed by atoms with van der Waals surface area (Å²) < 4.78 is 22.0. The van der Waals surface area contributed by atoms with Crippen molar-refractivity contribution in [2.45, 2.75) is 32.9 Å². The first-order valence-electron chi connectivity index (χ1n) is 9.16. The van der Waals surface area contributed by atoms with Crippen molar-refractivity contribution in [2.24, 2.45) is 0 Å². The highest BCUT2D eigenvalue weighted by molar-refractivity contribution is 5.79. The molecule has 2 heterocycles. The molecule has 0 aromatic heterocycles. The van der Waals surface area contributed by atoms with E-state index in [9.17, 15) is 4.79 Å². The topological polar surface area (TPSA) is 57.2 Å². The molecule has 27 heavy (non-hydrogen) atoms. The minimum Gasteiger partial charge on any atom is -0.486 e. The summed E-state index contributed by atoms with van der Waals surface area (Å²) in [6, 6.07) is 11.6. The maximum atomic E-state index is 12.9. The monoisotopic (exact) mass is 369 g/mol. The average Bonchev–Trinajstić information content (AvgIpc) is 3.13. The molecule has 0 saturated carbocycles. The van der Waals surface area contributed by atoms with Crippen LogP contribution in [0.15, 0.2) is 36.4 Å². The van der Waals surface area contributed by atoms with Gasteiger partial charge in [0, 0.05) is 12.6 Å². The summed E-state index contributed by atoms with van der Waals surface area (Å²) in [5, 5.41) is 0. The van der Waals surface area contributed by atoms with Gasteiger partial charge in [-0.3, -0.25) is 4.79 Å². The van der Waals surface area contributed by atoms with E-state index in [4.69, 9.17) is 18.9 Å². The summed E-state index contributed by atoms with van der Waals surface area (Å²) in [4.78, 5) is 14.8. The van der Waals surface area contributed by atoms with E-state index in [0.717, 1.165) is 28.4 Å². The molecular weight excluding hydrogens is 346 g/mol. The Morgan fingerprint density at radius 1 is 0.889 bits per heavy atom. The number of ether oxygens (including phenoxy) is 4. The molecule has 1 amide bonds. The number of fused-ring (bicyclic) bond motifs is 2. The molecule has 6 nitrogen and oxygen atoms in total. The Bertz CT molecular complexity index is 848. The van der Waals surface area contributed by atoms with Gasteiger partial charge in [0.15, 0.2) is 23.0 Å². The molecular formula is C21H23NO5. The highest BCUT2D eigenvalue weighted by Crippen LogP contribution is 2.33. The van der Waals surface area contributed by atoms with Crippen LogP contribution in [0.25, 0.3) is 0 Å². The van der Waals surface area contributed by atoms with Crippen LogP contribution in [-0.2, 0) is 17.8 Å². The second-order valence-electron chi connectivity index (χ2n) is 6.96. The molecule has 2 aliphatic rings. The van der Waals surface area contributed by atoms with E-state index in [2.05, 4.69) is 0 Å². The third-order valence-corrected chi connectivity index (χ3v) is 4.70. The first-order chi connectivity index (χ1) is 13.1. The van der Waals surface area contributed by atoms with Gasteiger partial charge in [0.2, 0.25) is 12.7 Å². The highest BCUT2D eigenvalue weighted by atomic mass is 16.7. The maximum Gasteiger partial charge on any atom is 0.231 e. The van der Waals surface area contributed by atoms with Crippen molar-refractivity contribution in [3.05, 3.63) is 47.5 Å². The number of carbonyl (C=O) groups is 1. The van der Waals surface area contributed by atoms with E-state index < -0.39 is 0 Å². The predicted molar refractivity (Wildman–Crippen MR) is 99.4 cm³/mol. The van der Waals surface area contributed by atoms with Gasteiger partial charge in [-0.2, -0.15) is 0 Å². The van der Waals surface area contributed by atoms with Crippen LogP contribution in [0.2, 0.25) is 0 Å². The van der Waals surface area contributed by atoms with E-state index in [-0.39, 0.29) is 18.7 Å². The summed E-state index contributed by atoms with van der Waals surface area (Å²) in [5.41, 5.74) is 1.93. The van der Waals surface area contributed by atoms with Gasteiger partial charge >= 0.3 is 0 Å². The first kappa shape index (κ1) is 17.5. The standard InChI is InChI=1S/C21H23NO5/c1-14(2)22(12-16-4-6-17-19(10-16)25-8-7-24-17)21(23)11-15-3-5-18-20(9-15)27-13-26-18/h3-6,9-10,14H,7-8,11-13H2,1-2H3. The fraction of sp³-hybridized carbons (Fsp3) is 0.381. The Balaban J connectivity index is 1.48. The van der Waals surface area contributed by atoms with E-state index in [1.165, 1.54) is 0 Å². The molecule has 0 atom stereocenters. The van der Waals surface area contributed by atoms with Crippen LogP contribution in [0.3, 0.4) is 0 Å². The molecule has 0 bridgehead atoms. The summed E-state index contributed by atoms with van der Waals surface area (Å²) in [6.45, 7) is 5.92. The Morgan fingerprint density at radius 2 is 1.48 bits per heavy atom. The smallest absolute Gasteiger partial charge is 0.231 e. The Labute approximate surface area is 158 Å². The molecule has 2 aliphatic heterocycles. The molecule has 4 rings (SSSR count). The van der Waals surface area contributed by atoms with Crippen LogP contribution in [-0.4, -0.2) is 36.9 Å². The lowest BCUT2D eigenvalue weighted by atomic mass is 10.1. The molecule has 0 N–H and O–H groups in total. The SMILES string of the molecule is CC(C)N(Cc1ccc2c(c1)OCCO2)C(=O)Cc1ccc2c(c1)OCO2. The molecule has 0 radical (unpaired) electrons. The van der Waals surface area contributed by atoms with Gasteiger partial charge in [-0.15, -0.1) is 0 Å².